The van der Waals surface area contributed by atoms with E-state index in [0.29, 0.717) is 12.4 Å². The summed E-state index contributed by atoms with van der Waals surface area (Å²) in [5.41, 5.74) is 9.08. The van der Waals surface area contributed by atoms with Gasteiger partial charge in [-0.25, -0.2) is 0 Å². The van der Waals surface area contributed by atoms with Crippen molar-refractivity contribution in [3.63, 3.8) is 0 Å². The van der Waals surface area contributed by atoms with Crippen LogP contribution in [0.4, 0.5) is 0 Å². The van der Waals surface area contributed by atoms with Crippen LogP contribution in [0, 0.1) is 6.92 Å². The number of hydrogen-bond acceptors (Lipinski definition) is 2. The summed E-state index contributed by atoms with van der Waals surface area (Å²) in [6, 6.07) is 7.89. The average molecular weight is 242 g/mol. The topological polar surface area (TPSA) is 47.6 Å². The van der Waals surface area contributed by atoms with Crippen LogP contribution in [0.25, 0.3) is 0 Å². The zero-order valence-electron chi connectivity index (χ0n) is 10.6. The second-order valence-corrected chi connectivity index (χ2v) is 4.37. The van der Waals surface area contributed by atoms with Crippen LogP contribution < -0.4 is 5.73 Å². The minimum absolute atomic E-state index is 0.412. The molecule has 0 aromatic heterocycles. The first kappa shape index (κ1) is 12.4. The first-order chi connectivity index (χ1) is 8.75. The molecule has 0 fully saturated rings. The molecule has 0 saturated carbocycles. The lowest BCUT2D eigenvalue weighted by atomic mass is 10.1. The molecule has 18 heavy (non-hydrogen) atoms. The third-order valence-corrected chi connectivity index (χ3v) is 2.81. The van der Waals surface area contributed by atoms with Crippen molar-refractivity contribution in [2.75, 3.05) is 6.61 Å². The molecule has 0 radical (unpaired) electrons. The molecule has 0 atom stereocenters. The van der Waals surface area contributed by atoms with Crippen LogP contribution in [0.15, 0.2) is 53.2 Å². The fourth-order valence-corrected chi connectivity index (χ4v) is 1.73. The molecule has 2 rings (SSSR count). The molecule has 2 N–H and O–H groups in total. The summed E-state index contributed by atoms with van der Waals surface area (Å²) in [6.07, 6.45) is 8.56. The summed E-state index contributed by atoms with van der Waals surface area (Å²) >= 11 is 0. The van der Waals surface area contributed by atoms with E-state index < -0.39 is 0 Å². The number of nitrogens with two attached hydrogens (primary N) is 1. The Morgan fingerprint density at radius 1 is 1.28 bits per heavy atom. The third kappa shape index (κ3) is 3.48. The predicted molar refractivity (Wildman–Crippen MR) is 74.3 cm³/mol. The molecule has 94 valence electrons. The normalized spacial score (nSPS) is 15.4. The highest BCUT2D eigenvalue weighted by atomic mass is 16.6. The molecule has 0 heterocycles. The van der Waals surface area contributed by atoms with E-state index in [4.69, 9.17) is 10.6 Å². The largest absolute Gasteiger partial charge is 0.389 e. The minimum atomic E-state index is 0.412. The Bertz CT molecular complexity index is 484. The summed E-state index contributed by atoms with van der Waals surface area (Å²) < 4.78 is 0. The van der Waals surface area contributed by atoms with E-state index in [9.17, 15) is 0 Å². The van der Waals surface area contributed by atoms with E-state index in [1.807, 2.05) is 31.2 Å². The van der Waals surface area contributed by atoms with E-state index in [1.54, 1.807) is 0 Å². The maximum absolute atomic E-state index is 5.85. The molecule has 1 aliphatic rings. The second-order valence-electron chi connectivity index (χ2n) is 4.37. The molecular formula is C15H18N2O. The van der Waals surface area contributed by atoms with Crippen LogP contribution in [-0.4, -0.2) is 12.4 Å². The standard InChI is InChI=1S/C15H18N2O/c1-12-7-9-14(10-8-12)15(16)17-18-11-13-5-3-2-4-6-13/h3,5-10H,2,4,11H2,1H3,(H2,16,17). The molecule has 0 aliphatic heterocycles. The number of hydrogen-bond donors (Lipinski definition) is 1. The van der Waals surface area contributed by atoms with Crippen molar-refractivity contribution in [3.8, 4) is 0 Å². The average Bonchev–Trinajstić information content (AvgIpc) is 2.40. The molecule has 0 unspecified atom stereocenters. The van der Waals surface area contributed by atoms with Crippen molar-refractivity contribution in [1.82, 2.24) is 0 Å². The summed E-state index contributed by atoms with van der Waals surface area (Å²) in [5.74, 6) is 0.412. The van der Waals surface area contributed by atoms with Crippen molar-refractivity contribution in [3.05, 3.63) is 59.2 Å². The molecule has 1 aromatic carbocycles. The van der Waals surface area contributed by atoms with Gasteiger partial charge in [-0.3, -0.25) is 0 Å². The van der Waals surface area contributed by atoms with Crippen molar-refractivity contribution in [1.29, 1.82) is 0 Å². The lowest BCUT2D eigenvalue weighted by Gasteiger charge is -2.06. The van der Waals surface area contributed by atoms with E-state index >= 15 is 0 Å². The third-order valence-electron chi connectivity index (χ3n) is 2.81. The first-order valence-corrected chi connectivity index (χ1v) is 6.14. The van der Waals surface area contributed by atoms with Crippen molar-refractivity contribution in [2.45, 2.75) is 19.8 Å². The number of nitrogens with zero attached hydrogens (tertiary/aromatic N) is 1. The smallest absolute Gasteiger partial charge is 0.170 e. The van der Waals surface area contributed by atoms with Crippen LogP contribution in [-0.2, 0) is 4.84 Å². The summed E-state index contributed by atoms with van der Waals surface area (Å²) in [5, 5.41) is 3.94. The van der Waals surface area contributed by atoms with Crippen LogP contribution in [0.3, 0.4) is 0 Å². The quantitative estimate of drug-likeness (QED) is 0.501. The van der Waals surface area contributed by atoms with Crippen molar-refractivity contribution < 1.29 is 4.84 Å². The van der Waals surface area contributed by atoms with Crippen LogP contribution in [0.2, 0.25) is 0 Å². The first-order valence-electron chi connectivity index (χ1n) is 6.14. The monoisotopic (exact) mass is 242 g/mol. The summed E-state index contributed by atoms with van der Waals surface area (Å²) in [4.78, 5) is 5.26. The van der Waals surface area contributed by atoms with Gasteiger partial charge in [0.1, 0.15) is 6.61 Å². The van der Waals surface area contributed by atoms with Gasteiger partial charge in [-0.15, -0.1) is 0 Å². The van der Waals surface area contributed by atoms with Gasteiger partial charge in [-0.2, -0.15) is 0 Å². The maximum Gasteiger partial charge on any atom is 0.170 e. The molecule has 3 heteroatoms. The zero-order chi connectivity index (χ0) is 12.8. The van der Waals surface area contributed by atoms with Gasteiger partial charge in [0.2, 0.25) is 0 Å². The number of aryl methyl sites for hydroxylation is 1. The number of allylic oxidation sites excluding steroid dienone is 2. The number of benzene rings is 1. The van der Waals surface area contributed by atoms with Gasteiger partial charge in [-0.05, 0) is 25.3 Å². The van der Waals surface area contributed by atoms with Gasteiger partial charge >= 0.3 is 0 Å². The highest BCUT2D eigenvalue weighted by Crippen LogP contribution is 2.10. The Morgan fingerprint density at radius 3 is 2.72 bits per heavy atom. The van der Waals surface area contributed by atoms with Crippen molar-refractivity contribution in [2.24, 2.45) is 10.9 Å². The van der Waals surface area contributed by atoms with E-state index in [0.717, 1.165) is 24.0 Å². The summed E-state index contributed by atoms with van der Waals surface area (Å²) in [7, 11) is 0. The van der Waals surface area contributed by atoms with E-state index in [-0.39, 0.29) is 0 Å². The molecule has 0 saturated heterocycles. The Kier molecular flexibility index (Phi) is 4.18. The predicted octanol–water partition coefficient (Wildman–Crippen LogP) is 2.91. The molecule has 1 aromatic rings. The molecule has 0 amide bonds. The van der Waals surface area contributed by atoms with Crippen LogP contribution in [0.5, 0.6) is 0 Å². The van der Waals surface area contributed by atoms with Crippen LogP contribution in [0.1, 0.15) is 24.0 Å². The van der Waals surface area contributed by atoms with Gasteiger partial charge in [-0.1, -0.05) is 53.2 Å². The number of amidine groups is 1. The Labute approximate surface area is 108 Å². The fraction of sp³-hybridized carbons (Fsp3) is 0.267. The van der Waals surface area contributed by atoms with Gasteiger partial charge in [0.25, 0.3) is 0 Å². The maximum atomic E-state index is 5.85. The summed E-state index contributed by atoms with van der Waals surface area (Å²) in [6.45, 7) is 2.51. The lowest BCUT2D eigenvalue weighted by Crippen LogP contribution is -2.14. The van der Waals surface area contributed by atoms with Gasteiger partial charge in [0.15, 0.2) is 5.84 Å². The molecular weight excluding hydrogens is 224 g/mol. The highest BCUT2D eigenvalue weighted by molar-refractivity contribution is 5.97. The Hall–Kier alpha value is -2.03. The molecule has 0 bridgehead atoms. The van der Waals surface area contributed by atoms with Crippen molar-refractivity contribution >= 4 is 5.84 Å². The SMILES string of the molecule is Cc1ccc(/C(N)=N/OCC2=CCCC=C2)cc1. The molecule has 3 nitrogen and oxygen atoms in total. The Balaban J connectivity index is 1.90. The second kappa shape index (κ2) is 6.05. The van der Waals surface area contributed by atoms with E-state index in [1.165, 1.54) is 5.56 Å². The van der Waals surface area contributed by atoms with Gasteiger partial charge in [0, 0.05) is 5.56 Å². The molecule has 0 spiro atoms. The van der Waals surface area contributed by atoms with E-state index in [2.05, 4.69) is 23.4 Å². The molecule has 1 aliphatic carbocycles. The minimum Gasteiger partial charge on any atom is -0.389 e. The highest BCUT2D eigenvalue weighted by Gasteiger charge is 2.00. The number of rotatable bonds is 4. The fourth-order valence-electron chi connectivity index (χ4n) is 1.73. The zero-order valence-corrected chi connectivity index (χ0v) is 10.6. The van der Waals surface area contributed by atoms with Gasteiger partial charge < -0.3 is 10.6 Å². The Morgan fingerprint density at radius 2 is 2.06 bits per heavy atom. The van der Waals surface area contributed by atoms with Gasteiger partial charge in [0.05, 0.1) is 0 Å². The van der Waals surface area contributed by atoms with Crippen LogP contribution >= 0.6 is 0 Å². The lowest BCUT2D eigenvalue weighted by molar-refractivity contribution is 0.169. The number of oxime groups is 1.